The summed E-state index contributed by atoms with van der Waals surface area (Å²) < 4.78 is 10.1. The maximum Gasteiger partial charge on any atom is 0.321 e. The first-order valence-electron chi connectivity index (χ1n) is 3.87. The maximum absolute atomic E-state index is 5.20. The van der Waals surface area contributed by atoms with E-state index in [9.17, 15) is 0 Å². The summed E-state index contributed by atoms with van der Waals surface area (Å²) in [6.07, 6.45) is 1.60. The van der Waals surface area contributed by atoms with Crippen LogP contribution in [0.25, 0.3) is 11.6 Å². The number of aromatic nitrogens is 2. The topological polar surface area (TPSA) is 64.1 Å². The lowest BCUT2D eigenvalue weighted by molar-refractivity contribution is 0.431. The van der Waals surface area contributed by atoms with Gasteiger partial charge in [-0.3, -0.25) is 0 Å². The fourth-order valence-corrected chi connectivity index (χ4v) is 1.02. The standard InChI is InChI=1S/C8H9N3O2/c1-5-3-4-12-6(5)7-10-8(9-2)13-11-7/h3-4H,1-2H3,(H,9,10,11). The minimum absolute atomic E-state index is 0.380. The van der Waals surface area contributed by atoms with Gasteiger partial charge < -0.3 is 14.3 Å². The third-order valence-electron chi connectivity index (χ3n) is 1.71. The van der Waals surface area contributed by atoms with Crippen molar-refractivity contribution in [2.75, 3.05) is 12.4 Å². The highest BCUT2D eigenvalue weighted by molar-refractivity contribution is 5.52. The Hall–Kier alpha value is -1.78. The first-order valence-corrected chi connectivity index (χ1v) is 3.87. The van der Waals surface area contributed by atoms with Crippen LogP contribution >= 0.6 is 0 Å². The normalized spacial score (nSPS) is 10.3. The fourth-order valence-electron chi connectivity index (χ4n) is 1.02. The maximum atomic E-state index is 5.20. The fraction of sp³-hybridized carbons (Fsp3) is 0.250. The molecule has 0 aliphatic rings. The minimum atomic E-state index is 0.380. The lowest BCUT2D eigenvalue weighted by Crippen LogP contribution is -1.86. The summed E-state index contributed by atoms with van der Waals surface area (Å²) in [6.45, 7) is 1.92. The van der Waals surface area contributed by atoms with Gasteiger partial charge in [0, 0.05) is 7.05 Å². The average Bonchev–Trinajstić information content (AvgIpc) is 2.71. The lowest BCUT2D eigenvalue weighted by atomic mass is 10.3. The van der Waals surface area contributed by atoms with Crippen LogP contribution in [0.15, 0.2) is 21.3 Å². The van der Waals surface area contributed by atoms with Gasteiger partial charge in [-0.1, -0.05) is 5.16 Å². The molecule has 2 heterocycles. The summed E-state index contributed by atoms with van der Waals surface area (Å²) in [6, 6.07) is 2.23. The van der Waals surface area contributed by atoms with Crippen molar-refractivity contribution in [3.63, 3.8) is 0 Å². The van der Waals surface area contributed by atoms with E-state index in [0.717, 1.165) is 5.56 Å². The van der Waals surface area contributed by atoms with Crippen LogP contribution in [0.4, 0.5) is 6.01 Å². The molecular weight excluding hydrogens is 170 g/mol. The monoisotopic (exact) mass is 179 g/mol. The molecule has 0 atom stereocenters. The van der Waals surface area contributed by atoms with E-state index >= 15 is 0 Å². The summed E-state index contributed by atoms with van der Waals surface area (Å²) in [7, 11) is 1.71. The van der Waals surface area contributed by atoms with Crippen LogP contribution in [0.1, 0.15) is 5.56 Å². The number of furan rings is 1. The molecule has 2 aromatic rings. The van der Waals surface area contributed by atoms with Crippen molar-refractivity contribution in [2.45, 2.75) is 6.92 Å². The number of hydrogen-bond donors (Lipinski definition) is 1. The molecule has 13 heavy (non-hydrogen) atoms. The summed E-state index contributed by atoms with van der Waals surface area (Å²) in [5, 5.41) is 6.49. The molecule has 0 radical (unpaired) electrons. The molecule has 0 aliphatic carbocycles. The number of anilines is 1. The highest BCUT2D eigenvalue weighted by Gasteiger charge is 2.12. The summed E-state index contributed by atoms with van der Waals surface area (Å²) in [4.78, 5) is 4.05. The third kappa shape index (κ3) is 1.28. The third-order valence-corrected chi connectivity index (χ3v) is 1.71. The largest absolute Gasteiger partial charge is 0.461 e. The molecule has 0 spiro atoms. The second-order valence-corrected chi connectivity index (χ2v) is 2.61. The first-order chi connectivity index (χ1) is 6.31. The number of nitrogens with one attached hydrogen (secondary N) is 1. The molecule has 0 aliphatic heterocycles. The Morgan fingerprint density at radius 1 is 1.46 bits per heavy atom. The van der Waals surface area contributed by atoms with E-state index in [1.54, 1.807) is 13.3 Å². The van der Waals surface area contributed by atoms with Crippen LogP contribution in [0.2, 0.25) is 0 Å². The van der Waals surface area contributed by atoms with Crippen molar-refractivity contribution in [2.24, 2.45) is 0 Å². The second-order valence-electron chi connectivity index (χ2n) is 2.61. The number of rotatable bonds is 2. The van der Waals surface area contributed by atoms with E-state index in [-0.39, 0.29) is 0 Å². The van der Waals surface area contributed by atoms with E-state index in [4.69, 9.17) is 8.94 Å². The quantitative estimate of drug-likeness (QED) is 0.759. The molecule has 68 valence electrons. The molecule has 2 rings (SSSR count). The number of aryl methyl sites for hydroxylation is 1. The van der Waals surface area contributed by atoms with Crippen molar-refractivity contribution in [3.8, 4) is 11.6 Å². The molecule has 5 nitrogen and oxygen atoms in total. The van der Waals surface area contributed by atoms with Gasteiger partial charge in [0.1, 0.15) is 0 Å². The summed E-state index contributed by atoms with van der Waals surface area (Å²) >= 11 is 0. The van der Waals surface area contributed by atoms with Gasteiger partial charge in [-0.2, -0.15) is 4.98 Å². The summed E-state index contributed by atoms with van der Waals surface area (Å²) in [5.41, 5.74) is 0.989. The molecule has 0 fully saturated rings. The Labute approximate surface area is 74.7 Å². The molecule has 0 bridgehead atoms. The average molecular weight is 179 g/mol. The van der Waals surface area contributed by atoms with Crippen LogP contribution < -0.4 is 5.32 Å². The first kappa shape index (κ1) is 7.85. The van der Waals surface area contributed by atoms with Gasteiger partial charge in [0.2, 0.25) is 5.82 Å². The van der Waals surface area contributed by atoms with Crippen molar-refractivity contribution in [1.29, 1.82) is 0 Å². The van der Waals surface area contributed by atoms with E-state index in [0.29, 0.717) is 17.6 Å². The Kier molecular flexibility index (Phi) is 1.77. The Morgan fingerprint density at radius 3 is 2.85 bits per heavy atom. The zero-order valence-corrected chi connectivity index (χ0v) is 7.37. The van der Waals surface area contributed by atoms with Gasteiger partial charge in [-0.05, 0) is 18.6 Å². The minimum Gasteiger partial charge on any atom is -0.461 e. The molecule has 0 saturated heterocycles. The highest BCUT2D eigenvalue weighted by Crippen LogP contribution is 2.21. The van der Waals surface area contributed by atoms with Crippen molar-refractivity contribution in [3.05, 3.63) is 17.9 Å². The van der Waals surface area contributed by atoms with E-state index < -0.39 is 0 Å². The van der Waals surface area contributed by atoms with Gasteiger partial charge >= 0.3 is 6.01 Å². The van der Waals surface area contributed by atoms with Gasteiger partial charge in [0.15, 0.2) is 5.76 Å². The van der Waals surface area contributed by atoms with Gasteiger partial charge in [-0.25, -0.2) is 0 Å². The molecule has 0 aromatic carbocycles. The van der Waals surface area contributed by atoms with Gasteiger partial charge in [0.05, 0.1) is 6.26 Å². The van der Waals surface area contributed by atoms with Crippen molar-refractivity contribution >= 4 is 6.01 Å². The smallest absolute Gasteiger partial charge is 0.321 e. The zero-order chi connectivity index (χ0) is 9.26. The Bertz CT molecular complexity index is 405. The number of nitrogens with zero attached hydrogens (tertiary/aromatic N) is 2. The SMILES string of the molecule is CNc1nc(-c2occc2C)no1. The molecule has 2 aromatic heterocycles. The molecule has 0 unspecified atom stereocenters. The predicted octanol–water partition coefficient (Wildman–Crippen LogP) is 1.68. The zero-order valence-electron chi connectivity index (χ0n) is 7.37. The van der Waals surface area contributed by atoms with Crippen LogP contribution in [0.5, 0.6) is 0 Å². The Morgan fingerprint density at radius 2 is 2.31 bits per heavy atom. The highest BCUT2D eigenvalue weighted by atomic mass is 16.5. The lowest BCUT2D eigenvalue weighted by Gasteiger charge is -1.87. The molecule has 1 N–H and O–H groups in total. The second kappa shape index (κ2) is 2.93. The predicted molar refractivity (Wildman–Crippen MR) is 46.3 cm³/mol. The Balaban J connectivity index is 2.41. The van der Waals surface area contributed by atoms with E-state index in [1.807, 2.05) is 13.0 Å². The number of hydrogen-bond acceptors (Lipinski definition) is 5. The van der Waals surface area contributed by atoms with E-state index in [1.165, 1.54) is 0 Å². The molecule has 0 saturated carbocycles. The van der Waals surface area contributed by atoms with Gasteiger partial charge in [0.25, 0.3) is 0 Å². The van der Waals surface area contributed by atoms with Gasteiger partial charge in [-0.15, -0.1) is 0 Å². The van der Waals surface area contributed by atoms with E-state index in [2.05, 4.69) is 15.5 Å². The van der Waals surface area contributed by atoms with Crippen molar-refractivity contribution in [1.82, 2.24) is 10.1 Å². The molecule has 5 heteroatoms. The molecular formula is C8H9N3O2. The van der Waals surface area contributed by atoms with Crippen LogP contribution in [0, 0.1) is 6.92 Å². The van der Waals surface area contributed by atoms with Crippen molar-refractivity contribution < 1.29 is 8.94 Å². The van der Waals surface area contributed by atoms with Crippen LogP contribution in [0.3, 0.4) is 0 Å². The molecule has 0 amide bonds. The van der Waals surface area contributed by atoms with Crippen LogP contribution in [-0.4, -0.2) is 17.2 Å². The van der Waals surface area contributed by atoms with Crippen LogP contribution in [-0.2, 0) is 0 Å². The summed E-state index contributed by atoms with van der Waals surface area (Å²) in [5.74, 6) is 1.11.